The van der Waals surface area contributed by atoms with Crippen LogP contribution in [0, 0.1) is 0 Å². The molecule has 3 nitrogen and oxygen atoms in total. The van der Waals surface area contributed by atoms with E-state index in [2.05, 4.69) is 13.5 Å². The van der Waals surface area contributed by atoms with Crippen LogP contribution in [0.15, 0.2) is 12.7 Å². The highest BCUT2D eigenvalue weighted by atomic mass is 16.6. The molecule has 0 amide bonds. The van der Waals surface area contributed by atoms with Gasteiger partial charge in [0.2, 0.25) is 0 Å². The third-order valence-corrected chi connectivity index (χ3v) is 1.03. The van der Waals surface area contributed by atoms with E-state index >= 15 is 0 Å². The Hall–Kier alpha value is -0.830. The summed E-state index contributed by atoms with van der Waals surface area (Å²) in [7, 11) is 0. The summed E-state index contributed by atoms with van der Waals surface area (Å²) in [5.41, 5.74) is 0. The molecule has 1 fully saturated rings. The van der Waals surface area contributed by atoms with E-state index in [1.54, 1.807) is 0 Å². The molecular weight excluding hydrogens is 132 g/mol. The zero-order valence-corrected chi connectivity index (χ0v) is 6.04. The molecule has 0 aromatic carbocycles. The first-order valence-corrected chi connectivity index (χ1v) is 3.17. The second-order valence-electron chi connectivity index (χ2n) is 1.91. The summed E-state index contributed by atoms with van der Waals surface area (Å²) in [5, 5.41) is 7.60. The lowest BCUT2D eigenvalue weighted by molar-refractivity contribution is -0.131. The number of rotatable bonds is 2. The van der Waals surface area contributed by atoms with Gasteiger partial charge in [-0.15, -0.1) is 0 Å². The first kappa shape index (κ1) is 9.17. The van der Waals surface area contributed by atoms with Gasteiger partial charge in [-0.3, -0.25) is 0 Å². The molecular formula is C7H12O3. The number of epoxide rings is 1. The molecule has 1 saturated heterocycles. The lowest BCUT2D eigenvalue weighted by atomic mass is 10.4. The van der Waals surface area contributed by atoms with Crippen molar-refractivity contribution >= 4 is 5.97 Å². The molecule has 0 radical (unpaired) electrons. The van der Waals surface area contributed by atoms with Crippen molar-refractivity contribution in [3.05, 3.63) is 12.7 Å². The summed E-state index contributed by atoms with van der Waals surface area (Å²) >= 11 is 0. The van der Waals surface area contributed by atoms with Gasteiger partial charge in [0.15, 0.2) is 0 Å². The fraction of sp³-hybridized carbons (Fsp3) is 0.571. The van der Waals surface area contributed by atoms with Crippen molar-refractivity contribution in [2.24, 2.45) is 0 Å². The van der Waals surface area contributed by atoms with Gasteiger partial charge in [-0.25, -0.2) is 4.79 Å². The van der Waals surface area contributed by atoms with E-state index in [4.69, 9.17) is 9.84 Å². The zero-order chi connectivity index (χ0) is 7.98. The molecule has 0 aromatic rings. The Kier molecular flexibility index (Phi) is 4.58. The molecule has 58 valence electrons. The number of carbonyl (C=O) groups is 1. The van der Waals surface area contributed by atoms with E-state index in [1.807, 2.05) is 0 Å². The molecule has 0 saturated carbocycles. The van der Waals surface area contributed by atoms with Gasteiger partial charge in [-0.05, 0) is 6.42 Å². The number of carboxylic acids is 1. The van der Waals surface area contributed by atoms with E-state index in [0.717, 1.165) is 12.7 Å². The number of aliphatic carboxylic acids is 1. The standard InChI is InChI=1S/C4H8O.C3H4O2/c1-2-4-3-5-4;1-2-3(4)5/h4H,2-3H2,1H3;2H,1H2,(H,4,5). The second kappa shape index (κ2) is 4.99. The van der Waals surface area contributed by atoms with E-state index in [-0.39, 0.29) is 0 Å². The maximum absolute atomic E-state index is 9.25. The van der Waals surface area contributed by atoms with Crippen molar-refractivity contribution in [2.75, 3.05) is 6.61 Å². The van der Waals surface area contributed by atoms with Crippen LogP contribution >= 0.6 is 0 Å². The highest BCUT2D eigenvalue weighted by Crippen LogP contribution is 2.10. The highest BCUT2D eigenvalue weighted by Gasteiger charge is 2.18. The molecule has 0 aliphatic carbocycles. The number of hydrogen-bond donors (Lipinski definition) is 1. The van der Waals surface area contributed by atoms with Gasteiger partial charge in [0.25, 0.3) is 0 Å². The molecule has 1 aliphatic rings. The number of ether oxygens (including phenoxy) is 1. The van der Waals surface area contributed by atoms with Crippen LogP contribution in [-0.4, -0.2) is 23.8 Å². The van der Waals surface area contributed by atoms with Crippen molar-refractivity contribution in [3.8, 4) is 0 Å². The number of carboxylic acid groups (broad SMARTS) is 1. The van der Waals surface area contributed by atoms with Crippen LogP contribution < -0.4 is 0 Å². The van der Waals surface area contributed by atoms with Crippen LogP contribution in [0.3, 0.4) is 0 Å². The topological polar surface area (TPSA) is 49.8 Å². The van der Waals surface area contributed by atoms with Gasteiger partial charge in [0.05, 0.1) is 12.7 Å². The Balaban J connectivity index is 0.000000162. The smallest absolute Gasteiger partial charge is 0.327 e. The van der Waals surface area contributed by atoms with Crippen molar-refractivity contribution in [1.29, 1.82) is 0 Å². The Morgan fingerprint density at radius 1 is 2.00 bits per heavy atom. The maximum Gasteiger partial charge on any atom is 0.327 e. The first-order valence-electron chi connectivity index (χ1n) is 3.17. The summed E-state index contributed by atoms with van der Waals surface area (Å²) < 4.78 is 4.86. The van der Waals surface area contributed by atoms with Gasteiger partial charge in [-0.2, -0.15) is 0 Å². The number of hydrogen-bond acceptors (Lipinski definition) is 2. The molecule has 3 heteroatoms. The minimum Gasteiger partial charge on any atom is -0.478 e. The molecule has 1 atom stereocenters. The monoisotopic (exact) mass is 144 g/mol. The van der Waals surface area contributed by atoms with Crippen LogP contribution in [0.25, 0.3) is 0 Å². The van der Waals surface area contributed by atoms with Crippen molar-refractivity contribution in [2.45, 2.75) is 19.4 Å². The Bertz CT molecular complexity index is 116. The Labute approximate surface area is 60.3 Å². The molecule has 1 rings (SSSR count). The van der Waals surface area contributed by atoms with Gasteiger partial charge in [-0.1, -0.05) is 13.5 Å². The van der Waals surface area contributed by atoms with E-state index in [0.29, 0.717) is 6.10 Å². The summed E-state index contributed by atoms with van der Waals surface area (Å²) in [6.45, 7) is 6.11. The van der Waals surface area contributed by atoms with Crippen molar-refractivity contribution < 1.29 is 14.6 Å². The lowest BCUT2D eigenvalue weighted by Crippen LogP contribution is -1.82. The molecule has 0 spiro atoms. The molecule has 1 unspecified atom stereocenters. The van der Waals surface area contributed by atoms with Crippen LogP contribution in [0.4, 0.5) is 0 Å². The average Bonchev–Trinajstić information content (AvgIpc) is 2.70. The SMILES string of the molecule is C=CC(=O)O.CCC1CO1. The van der Waals surface area contributed by atoms with Gasteiger partial charge in [0.1, 0.15) is 0 Å². The normalized spacial score (nSPS) is 20.3. The summed E-state index contributed by atoms with van der Waals surface area (Å²) in [4.78, 5) is 9.25. The van der Waals surface area contributed by atoms with Crippen LogP contribution in [0.2, 0.25) is 0 Å². The minimum atomic E-state index is -0.981. The quantitative estimate of drug-likeness (QED) is 0.465. The van der Waals surface area contributed by atoms with E-state index in [9.17, 15) is 4.79 Å². The van der Waals surface area contributed by atoms with Gasteiger partial charge < -0.3 is 9.84 Å². The Morgan fingerprint density at radius 2 is 2.40 bits per heavy atom. The minimum absolute atomic E-state index is 0.634. The summed E-state index contributed by atoms with van der Waals surface area (Å²) in [6.07, 6.45) is 2.66. The maximum atomic E-state index is 9.25. The lowest BCUT2D eigenvalue weighted by Gasteiger charge is -1.69. The molecule has 1 N–H and O–H groups in total. The third-order valence-electron chi connectivity index (χ3n) is 1.03. The van der Waals surface area contributed by atoms with Crippen LogP contribution in [-0.2, 0) is 9.53 Å². The Morgan fingerprint density at radius 3 is 2.40 bits per heavy atom. The average molecular weight is 144 g/mol. The van der Waals surface area contributed by atoms with E-state index < -0.39 is 5.97 Å². The predicted molar refractivity (Wildman–Crippen MR) is 37.9 cm³/mol. The molecule has 10 heavy (non-hydrogen) atoms. The molecule has 0 aromatic heterocycles. The van der Waals surface area contributed by atoms with Gasteiger partial charge >= 0.3 is 5.97 Å². The van der Waals surface area contributed by atoms with Crippen molar-refractivity contribution in [3.63, 3.8) is 0 Å². The van der Waals surface area contributed by atoms with Crippen LogP contribution in [0.5, 0.6) is 0 Å². The van der Waals surface area contributed by atoms with Crippen molar-refractivity contribution in [1.82, 2.24) is 0 Å². The highest BCUT2D eigenvalue weighted by molar-refractivity contribution is 5.78. The van der Waals surface area contributed by atoms with Crippen LogP contribution in [0.1, 0.15) is 13.3 Å². The second-order valence-corrected chi connectivity index (χ2v) is 1.91. The summed E-state index contributed by atoms with van der Waals surface area (Å²) in [5.74, 6) is -0.981. The third kappa shape index (κ3) is 7.17. The molecule has 1 aliphatic heterocycles. The first-order chi connectivity index (χ1) is 4.70. The fourth-order valence-electron chi connectivity index (χ4n) is 0.304. The van der Waals surface area contributed by atoms with E-state index in [1.165, 1.54) is 6.42 Å². The fourth-order valence-corrected chi connectivity index (χ4v) is 0.304. The predicted octanol–water partition coefficient (Wildman–Crippen LogP) is 1.05. The zero-order valence-electron chi connectivity index (χ0n) is 6.04. The summed E-state index contributed by atoms with van der Waals surface area (Å²) in [6, 6.07) is 0. The molecule has 1 heterocycles. The largest absolute Gasteiger partial charge is 0.478 e. The van der Waals surface area contributed by atoms with Gasteiger partial charge in [0, 0.05) is 6.08 Å². The molecule has 0 bridgehead atoms.